The van der Waals surface area contributed by atoms with E-state index in [2.05, 4.69) is 15.0 Å². The van der Waals surface area contributed by atoms with Crippen LogP contribution in [0.5, 0.6) is 11.5 Å². The Labute approximate surface area is 184 Å². The fraction of sp³-hybridized carbons (Fsp3) is 0.190. The van der Waals surface area contributed by atoms with Gasteiger partial charge in [0.25, 0.3) is 0 Å². The number of hydrogen-bond donors (Lipinski definition) is 0. The lowest BCUT2D eigenvalue weighted by atomic mass is 10.2. The summed E-state index contributed by atoms with van der Waals surface area (Å²) in [5.41, 5.74) is 1.87. The van der Waals surface area contributed by atoms with E-state index in [9.17, 15) is 13.2 Å². The summed E-state index contributed by atoms with van der Waals surface area (Å²) < 4.78 is 50.2. The molecule has 0 amide bonds. The first kappa shape index (κ1) is 21.4. The molecule has 0 saturated carbocycles. The molecule has 2 aromatic carbocycles. The van der Waals surface area contributed by atoms with E-state index in [0.717, 1.165) is 16.3 Å². The topological polar surface area (TPSA) is 57.1 Å². The number of thioether (sulfide) groups is 1. The lowest BCUT2D eigenvalue weighted by Crippen LogP contribution is -2.11. The highest BCUT2D eigenvalue weighted by molar-refractivity contribution is 7.98. The predicted molar refractivity (Wildman–Crippen MR) is 115 cm³/mol. The van der Waals surface area contributed by atoms with Gasteiger partial charge in [-0.2, -0.15) is 13.2 Å². The lowest BCUT2D eigenvalue weighted by Gasteiger charge is -2.10. The Balaban J connectivity index is 1.59. The monoisotopic (exact) mass is 463 g/mol. The maximum Gasteiger partial charge on any atom is 0.451 e. The third-order valence-electron chi connectivity index (χ3n) is 4.36. The van der Waals surface area contributed by atoms with Gasteiger partial charge >= 0.3 is 6.18 Å². The number of ether oxygens (including phenoxy) is 2. The third-order valence-corrected chi connectivity index (χ3v) is 6.33. The number of alkyl halides is 3. The first-order chi connectivity index (χ1) is 14.9. The number of para-hydroxylation sites is 1. The minimum Gasteiger partial charge on any atom is -0.493 e. The Kier molecular flexibility index (Phi) is 6.01. The number of fused-ring (bicyclic) bond motifs is 1. The van der Waals surface area contributed by atoms with Crippen molar-refractivity contribution in [3.8, 4) is 22.1 Å². The van der Waals surface area contributed by atoms with Crippen LogP contribution in [0.25, 0.3) is 21.5 Å². The number of aromatic nitrogens is 3. The average Bonchev–Trinajstić information content (AvgIpc) is 3.25. The Morgan fingerprint density at radius 1 is 0.968 bits per heavy atom. The summed E-state index contributed by atoms with van der Waals surface area (Å²) in [5, 5.41) is 3.52. The number of halogens is 3. The Morgan fingerprint density at radius 3 is 2.48 bits per heavy atom. The molecule has 10 heteroatoms. The second-order valence-electron chi connectivity index (χ2n) is 6.37. The van der Waals surface area contributed by atoms with Gasteiger partial charge in [0.05, 0.1) is 25.4 Å². The summed E-state index contributed by atoms with van der Waals surface area (Å²) in [4.78, 5) is 12.0. The number of benzene rings is 2. The summed E-state index contributed by atoms with van der Waals surface area (Å²) in [7, 11) is 3.13. The molecule has 0 fully saturated rings. The summed E-state index contributed by atoms with van der Waals surface area (Å²) in [6.45, 7) is 0. The zero-order valence-electron chi connectivity index (χ0n) is 16.4. The maximum absolute atomic E-state index is 13.2. The summed E-state index contributed by atoms with van der Waals surface area (Å²) in [6, 6.07) is 12.2. The van der Waals surface area contributed by atoms with E-state index < -0.39 is 12.0 Å². The average molecular weight is 464 g/mol. The highest BCUT2D eigenvalue weighted by atomic mass is 32.2. The van der Waals surface area contributed by atoms with Crippen molar-refractivity contribution < 1.29 is 22.6 Å². The van der Waals surface area contributed by atoms with Crippen molar-refractivity contribution in [1.29, 1.82) is 0 Å². The van der Waals surface area contributed by atoms with Crippen LogP contribution in [0.2, 0.25) is 0 Å². The molecule has 0 aliphatic rings. The van der Waals surface area contributed by atoms with Crippen LogP contribution in [0.4, 0.5) is 13.2 Å². The molecule has 31 heavy (non-hydrogen) atoms. The minimum absolute atomic E-state index is 0.261. The van der Waals surface area contributed by atoms with Crippen LogP contribution in [0, 0.1) is 0 Å². The third kappa shape index (κ3) is 4.59. The van der Waals surface area contributed by atoms with Gasteiger partial charge in [-0.1, -0.05) is 30.0 Å². The van der Waals surface area contributed by atoms with E-state index in [1.54, 1.807) is 44.6 Å². The van der Waals surface area contributed by atoms with Gasteiger partial charge in [-0.3, -0.25) is 0 Å². The lowest BCUT2D eigenvalue weighted by molar-refractivity contribution is -0.145. The second-order valence-corrected chi connectivity index (χ2v) is 8.19. The molecule has 0 spiro atoms. The van der Waals surface area contributed by atoms with Crippen molar-refractivity contribution in [2.75, 3.05) is 14.2 Å². The van der Waals surface area contributed by atoms with Crippen LogP contribution in [0.1, 0.15) is 11.5 Å². The van der Waals surface area contributed by atoms with Gasteiger partial charge < -0.3 is 9.47 Å². The number of nitrogens with zero attached hydrogens (tertiary/aromatic N) is 3. The molecule has 4 rings (SSSR count). The molecule has 0 aliphatic carbocycles. The zero-order chi connectivity index (χ0) is 22.0. The van der Waals surface area contributed by atoms with E-state index in [4.69, 9.17) is 9.47 Å². The molecular formula is C21H16F3N3O2S2. The zero-order valence-corrected chi connectivity index (χ0v) is 18.1. The van der Waals surface area contributed by atoms with E-state index in [1.165, 1.54) is 23.1 Å². The van der Waals surface area contributed by atoms with E-state index in [0.29, 0.717) is 22.6 Å². The number of rotatable bonds is 6. The molecule has 2 aromatic heterocycles. The standard InChI is InChI=1S/C21H16F3N3O2S2/c1-28-16-8-7-12(9-17(16)29-2)18-25-13(10-30-18)11-31-19-14-5-3-4-6-15(14)26-20(27-19)21(22,23)24/h3-10H,11H2,1-2H3. The minimum atomic E-state index is -4.61. The van der Waals surface area contributed by atoms with Crippen molar-refractivity contribution in [2.45, 2.75) is 17.0 Å². The summed E-state index contributed by atoms with van der Waals surface area (Å²) in [5.74, 6) is 0.452. The number of methoxy groups -OCH3 is 2. The molecule has 0 saturated heterocycles. The van der Waals surface area contributed by atoms with Gasteiger partial charge in [-0.05, 0) is 24.3 Å². The summed E-state index contributed by atoms with van der Waals surface area (Å²) in [6.07, 6.45) is -4.61. The predicted octanol–water partition coefficient (Wildman–Crippen LogP) is 6.08. The first-order valence-corrected chi connectivity index (χ1v) is 10.9. The van der Waals surface area contributed by atoms with Crippen molar-refractivity contribution in [3.05, 3.63) is 59.4 Å². The molecule has 0 radical (unpaired) electrons. The van der Waals surface area contributed by atoms with Crippen LogP contribution >= 0.6 is 23.1 Å². The van der Waals surface area contributed by atoms with E-state index in [1.807, 2.05) is 17.5 Å². The van der Waals surface area contributed by atoms with Gasteiger partial charge in [-0.15, -0.1) is 11.3 Å². The molecule has 0 atom stereocenters. The highest BCUT2D eigenvalue weighted by Gasteiger charge is 2.35. The van der Waals surface area contributed by atoms with Gasteiger partial charge in [0.2, 0.25) is 5.82 Å². The molecule has 160 valence electrons. The molecule has 0 unspecified atom stereocenters. The second kappa shape index (κ2) is 8.72. The van der Waals surface area contributed by atoms with Gasteiger partial charge in [0.15, 0.2) is 11.5 Å². The largest absolute Gasteiger partial charge is 0.493 e. The summed E-state index contributed by atoms with van der Waals surface area (Å²) >= 11 is 2.65. The molecule has 5 nitrogen and oxygen atoms in total. The smallest absolute Gasteiger partial charge is 0.451 e. The Bertz CT molecular complexity index is 1230. The normalized spacial score (nSPS) is 11.6. The maximum atomic E-state index is 13.2. The number of thiazole rings is 1. The van der Waals surface area contributed by atoms with Crippen molar-refractivity contribution in [3.63, 3.8) is 0 Å². The molecular weight excluding hydrogens is 447 g/mol. The SMILES string of the molecule is COc1ccc(-c2nc(CSc3nc(C(F)(F)F)nc4ccccc34)cs2)cc1OC. The fourth-order valence-electron chi connectivity index (χ4n) is 2.90. The fourth-order valence-corrected chi connectivity index (χ4v) is 4.74. The number of hydrogen-bond acceptors (Lipinski definition) is 7. The van der Waals surface area contributed by atoms with Crippen LogP contribution in [-0.4, -0.2) is 29.2 Å². The van der Waals surface area contributed by atoms with Crippen molar-refractivity contribution >= 4 is 34.0 Å². The van der Waals surface area contributed by atoms with E-state index >= 15 is 0 Å². The molecule has 0 aliphatic heterocycles. The highest BCUT2D eigenvalue weighted by Crippen LogP contribution is 2.36. The molecule has 4 aromatic rings. The van der Waals surface area contributed by atoms with Crippen LogP contribution < -0.4 is 9.47 Å². The van der Waals surface area contributed by atoms with Crippen molar-refractivity contribution in [2.24, 2.45) is 0 Å². The Morgan fingerprint density at radius 2 is 1.74 bits per heavy atom. The first-order valence-electron chi connectivity index (χ1n) is 9.02. The van der Waals surface area contributed by atoms with Gasteiger partial charge in [-0.25, -0.2) is 15.0 Å². The van der Waals surface area contributed by atoms with Gasteiger partial charge in [0, 0.05) is 22.1 Å². The van der Waals surface area contributed by atoms with Crippen LogP contribution in [0.3, 0.4) is 0 Å². The molecule has 2 heterocycles. The van der Waals surface area contributed by atoms with Crippen LogP contribution in [-0.2, 0) is 11.9 Å². The Hall–Kier alpha value is -2.85. The van der Waals surface area contributed by atoms with E-state index in [-0.39, 0.29) is 10.5 Å². The molecule has 0 bridgehead atoms. The quantitative estimate of drug-likeness (QED) is 0.255. The van der Waals surface area contributed by atoms with Gasteiger partial charge in [0.1, 0.15) is 10.0 Å². The molecule has 0 N–H and O–H groups in total. The van der Waals surface area contributed by atoms with Crippen molar-refractivity contribution in [1.82, 2.24) is 15.0 Å². The van der Waals surface area contributed by atoms with Crippen LogP contribution in [0.15, 0.2) is 52.9 Å².